The van der Waals surface area contributed by atoms with Gasteiger partial charge in [-0.2, -0.15) is 4.57 Å². The van der Waals surface area contributed by atoms with Crippen molar-refractivity contribution in [2.45, 2.75) is 31.7 Å². The third-order valence-corrected chi connectivity index (χ3v) is 2.85. The molecule has 0 saturated heterocycles. The molecule has 1 aliphatic heterocycles. The Morgan fingerprint density at radius 2 is 2.33 bits per heavy atom. The molecule has 0 fully saturated rings. The molecule has 0 radical (unpaired) electrons. The van der Waals surface area contributed by atoms with Crippen molar-refractivity contribution in [3.05, 3.63) is 29.6 Å². The third-order valence-electron chi connectivity index (χ3n) is 2.49. The molecule has 0 saturated carbocycles. The summed E-state index contributed by atoms with van der Waals surface area (Å²) in [7, 11) is 0. The Kier molecular flexibility index (Phi) is 2.05. The molecule has 0 amide bonds. The van der Waals surface area contributed by atoms with E-state index >= 15 is 0 Å². The number of fused-ring (bicyclic) bond motifs is 1. The second kappa shape index (κ2) is 3.06. The van der Waals surface area contributed by atoms with Gasteiger partial charge in [0.05, 0.1) is 5.38 Å². The van der Waals surface area contributed by atoms with Crippen LogP contribution in [0.1, 0.15) is 17.8 Å². The summed E-state index contributed by atoms with van der Waals surface area (Å²) in [6.07, 6.45) is 2.24. The van der Waals surface area contributed by atoms with Crippen LogP contribution < -0.4 is 4.57 Å². The number of nitrogens with zero attached hydrogens (tertiary/aromatic N) is 1. The number of aromatic nitrogens is 1. The molecule has 0 bridgehead atoms. The smallest absolute Gasteiger partial charge is 0.181 e. The summed E-state index contributed by atoms with van der Waals surface area (Å²) in [5, 5.41) is 0.323. The van der Waals surface area contributed by atoms with Crippen LogP contribution in [0.5, 0.6) is 0 Å². The van der Waals surface area contributed by atoms with E-state index in [1.165, 1.54) is 11.4 Å². The Morgan fingerprint density at radius 1 is 1.50 bits per heavy atom. The molecule has 1 aromatic heterocycles. The van der Waals surface area contributed by atoms with Gasteiger partial charge >= 0.3 is 0 Å². The van der Waals surface area contributed by atoms with E-state index in [0.717, 1.165) is 19.4 Å². The lowest BCUT2D eigenvalue weighted by Crippen LogP contribution is -2.48. The number of rotatable bonds is 0. The lowest BCUT2D eigenvalue weighted by molar-refractivity contribution is -0.714. The van der Waals surface area contributed by atoms with E-state index in [2.05, 4.69) is 29.7 Å². The van der Waals surface area contributed by atoms with Crippen LogP contribution in [-0.2, 0) is 13.0 Å². The van der Waals surface area contributed by atoms with Gasteiger partial charge in [0.2, 0.25) is 0 Å². The molecule has 0 aliphatic carbocycles. The highest BCUT2D eigenvalue weighted by Crippen LogP contribution is 2.13. The van der Waals surface area contributed by atoms with Crippen molar-refractivity contribution < 1.29 is 4.57 Å². The van der Waals surface area contributed by atoms with Gasteiger partial charge in [-0.25, -0.2) is 0 Å². The van der Waals surface area contributed by atoms with Crippen molar-refractivity contribution in [2.75, 3.05) is 0 Å². The molecule has 2 rings (SSSR count). The minimum atomic E-state index is 0.323. The van der Waals surface area contributed by atoms with Gasteiger partial charge < -0.3 is 0 Å². The SMILES string of the molecule is Cc1cccc2[n+]1CC(Cl)CC2. The predicted molar refractivity (Wildman–Crippen MR) is 49.3 cm³/mol. The molecule has 2 heterocycles. The van der Waals surface area contributed by atoms with Crippen LogP contribution in [0.15, 0.2) is 18.2 Å². The van der Waals surface area contributed by atoms with Gasteiger partial charge in [-0.1, -0.05) is 0 Å². The van der Waals surface area contributed by atoms with Crippen LogP contribution >= 0.6 is 11.6 Å². The molecule has 1 aliphatic rings. The van der Waals surface area contributed by atoms with Crippen molar-refractivity contribution in [1.29, 1.82) is 0 Å². The van der Waals surface area contributed by atoms with Crippen LogP contribution in [0.2, 0.25) is 0 Å². The summed E-state index contributed by atoms with van der Waals surface area (Å²) < 4.78 is 2.32. The fourth-order valence-corrected chi connectivity index (χ4v) is 2.03. The minimum Gasteiger partial charge on any atom is -0.198 e. The molecule has 0 N–H and O–H groups in total. The number of hydrogen-bond donors (Lipinski definition) is 0. The maximum absolute atomic E-state index is 6.10. The number of halogens is 1. The Labute approximate surface area is 78.0 Å². The van der Waals surface area contributed by atoms with Crippen LogP contribution in [0.3, 0.4) is 0 Å². The lowest BCUT2D eigenvalue weighted by Gasteiger charge is -2.15. The lowest BCUT2D eigenvalue weighted by atomic mass is 10.1. The third kappa shape index (κ3) is 1.34. The molecular weight excluding hydrogens is 170 g/mol. The van der Waals surface area contributed by atoms with E-state index in [9.17, 15) is 0 Å². The van der Waals surface area contributed by atoms with E-state index < -0.39 is 0 Å². The van der Waals surface area contributed by atoms with Gasteiger partial charge in [-0.05, 0) is 12.5 Å². The predicted octanol–water partition coefficient (Wildman–Crippen LogP) is 1.84. The quantitative estimate of drug-likeness (QED) is 0.426. The molecule has 1 aromatic rings. The Hall–Kier alpha value is -0.560. The number of alkyl halides is 1. The first kappa shape index (κ1) is 8.06. The summed E-state index contributed by atoms with van der Waals surface area (Å²) in [5.74, 6) is 0. The first-order valence-corrected chi connectivity index (χ1v) is 4.83. The maximum Gasteiger partial charge on any atom is 0.181 e. The molecule has 0 aromatic carbocycles. The van der Waals surface area contributed by atoms with Gasteiger partial charge in [0, 0.05) is 25.5 Å². The standard InChI is InChI=1S/C10H13ClN/c1-8-3-2-4-10-6-5-9(11)7-12(8)10/h2-4,9H,5-7H2,1H3/q+1. The number of pyridine rings is 1. The van der Waals surface area contributed by atoms with E-state index in [1.807, 2.05) is 0 Å². The number of aryl methyl sites for hydroxylation is 2. The first-order chi connectivity index (χ1) is 5.77. The van der Waals surface area contributed by atoms with Crippen molar-refractivity contribution in [3.63, 3.8) is 0 Å². The van der Waals surface area contributed by atoms with Gasteiger partial charge in [-0.15, -0.1) is 11.6 Å². The largest absolute Gasteiger partial charge is 0.198 e. The van der Waals surface area contributed by atoms with Crippen LogP contribution in [0.4, 0.5) is 0 Å². The molecule has 1 unspecified atom stereocenters. The van der Waals surface area contributed by atoms with E-state index in [0.29, 0.717) is 5.38 Å². The summed E-state index contributed by atoms with van der Waals surface area (Å²) in [6.45, 7) is 3.11. The van der Waals surface area contributed by atoms with Crippen LogP contribution in [-0.4, -0.2) is 5.38 Å². The minimum absolute atomic E-state index is 0.323. The molecule has 12 heavy (non-hydrogen) atoms. The molecular formula is C10H13ClN+. The Bertz CT molecular complexity index is 296. The second-order valence-electron chi connectivity index (χ2n) is 3.41. The van der Waals surface area contributed by atoms with Gasteiger partial charge in [0.1, 0.15) is 0 Å². The average molecular weight is 183 g/mol. The van der Waals surface area contributed by atoms with Crippen LogP contribution in [0, 0.1) is 6.92 Å². The summed E-state index contributed by atoms with van der Waals surface area (Å²) in [5.41, 5.74) is 2.74. The Balaban J connectivity index is 2.43. The Morgan fingerprint density at radius 3 is 3.17 bits per heavy atom. The van der Waals surface area contributed by atoms with E-state index in [-0.39, 0.29) is 0 Å². The average Bonchev–Trinajstić information content (AvgIpc) is 2.07. The molecule has 1 nitrogen and oxygen atoms in total. The summed E-state index contributed by atoms with van der Waals surface area (Å²) in [6, 6.07) is 6.45. The zero-order valence-electron chi connectivity index (χ0n) is 7.26. The van der Waals surface area contributed by atoms with E-state index in [4.69, 9.17) is 11.6 Å². The van der Waals surface area contributed by atoms with Gasteiger partial charge in [0.25, 0.3) is 0 Å². The van der Waals surface area contributed by atoms with Gasteiger partial charge in [-0.3, -0.25) is 0 Å². The van der Waals surface area contributed by atoms with Crippen LogP contribution in [0.25, 0.3) is 0 Å². The highest BCUT2D eigenvalue weighted by molar-refractivity contribution is 6.20. The molecule has 1 atom stereocenters. The van der Waals surface area contributed by atoms with Crippen molar-refractivity contribution in [2.24, 2.45) is 0 Å². The second-order valence-corrected chi connectivity index (χ2v) is 4.02. The fraction of sp³-hybridized carbons (Fsp3) is 0.500. The summed E-state index contributed by atoms with van der Waals surface area (Å²) in [4.78, 5) is 0. The van der Waals surface area contributed by atoms with Crippen molar-refractivity contribution in [1.82, 2.24) is 0 Å². The van der Waals surface area contributed by atoms with E-state index in [1.54, 1.807) is 0 Å². The normalized spacial score (nSPS) is 22.0. The zero-order chi connectivity index (χ0) is 8.55. The number of hydrogen-bond acceptors (Lipinski definition) is 0. The highest BCUT2D eigenvalue weighted by Gasteiger charge is 2.23. The van der Waals surface area contributed by atoms with Gasteiger partial charge in [0.15, 0.2) is 17.9 Å². The maximum atomic E-state index is 6.10. The zero-order valence-corrected chi connectivity index (χ0v) is 8.01. The molecule has 2 heteroatoms. The fourth-order valence-electron chi connectivity index (χ4n) is 1.78. The topological polar surface area (TPSA) is 3.88 Å². The summed E-state index contributed by atoms with van der Waals surface area (Å²) >= 11 is 6.10. The molecule has 64 valence electrons. The van der Waals surface area contributed by atoms with Crippen molar-refractivity contribution >= 4 is 11.6 Å². The monoisotopic (exact) mass is 182 g/mol. The van der Waals surface area contributed by atoms with Crippen molar-refractivity contribution in [3.8, 4) is 0 Å². The first-order valence-electron chi connectivity index (χ1n) is 4.40. The molecule has 0 spiro atoms. The highest BCUT2D eigenvalue weighted by atomic mass is 35.5.